The number of hydrogen-bond donors (Lipinski definition) is 1. The molecule has 0 bridgehead atoms. The lowest BCUT2D eigenvalue weighted by molar-refractivity contribution is -0.138. The van der Waals surface area contributed by atoms with Crippen LogP contribution in [0.1, 0.15) is 41.3 Å². The van der Waals surface area contributed by atoms with Gasteiger partial charge in [-0.1, -0.05) is 36.5 Å². The molecular weight excluding hydrogens is 510 g/mol. The van der Waals surface area contributed by atoms with E-state index in [0.717, 1.165) is 41.7 Å². The van der Waals surface area contributed by atoms with Gasteiger partial charge in [0.1, 0.15) is 5.01 Å². The lowest BCUT2D eigenvalue weighted by Gasteiger charge is -2.22. The molecule has 0 saturated carbocycles. The number of halogens is 6. The fourth-order valence-corrected chi connectivity index (χ4v) is 3.97. The molecule has 0 aliphatic carbocycles. The molecule has 1 aromatic heterocycles. The topological polar surface area (TPSA) is 75.2 Å². The van der Waals surface area contributed by atoms with Crippen molar-refractivity contribution >= 4 is 28.3 Å². The second-order valence-electron chi connectivity index (χ2n) is 7.66. The molecule has 0 radical (unpaired) electrons. The maximum Gasteiger partial charge on any atom is 0.416 e. The van der Waals surface area contributed by atoms with Crippen molar-refractivity contribution in [2.24, 2.45) is 0 Å². The zero-order valence-electron chi connectivity index (χ0n) is 18.8. The summed E-state index contributed by atoms with van der Waals surface area (Å²) in [6.45, 7) is 1.98. The first-order valence-corrected chi connectivity index (χ1v) is 11.5. The van der Waals surface area contributed by atoms with Crippen LogP contribution < -0.4 is 5.32 Å². The number of nitrogens with zero attached hydrogens (tertiary/aromatic N) is 3. The van der Waals surface area contributed by atoms with Crippen LogP contribution in [0.3, 0.4) is 0 Å². The molecule has 0 saturated heterocycles. The van der Waals surface area contributed by atoms with Crippen LogP contribution >= 0.6 is 11.3 Å². The van der Waals surface area contributed by atoms with Gasteiger partial charge in [-0.15, -0.1) is 10.2 Å². The van der Waals surface area contributed by atoms with Gasteiger partial charge in [0.2, 0.25) is 11.0 Å². The predicted octanol–water partition coefficient (Wildman–Crippen LogP) is 6.12. The third-order valence-corrected chi connectivity index (χ3v) is 5.84. The number of alkyl halides is 6. The van der Waals surface area contributed by atoms with Crippen molar-refractivity contribution in [1.82, 2.24) is 15.1 Å². The molecule has 0 atom stereocenters. The molecule has 36 heavy (non-hydrogen) atoms. The summed E-state index contributed by atoms with van der Waals surface area (Å²) in [5.41, 5.74) is -1.49. The quantitative estimate of drug-likeness (QED) is 0.356. The first-order chi connectivity index (χ1) is 16.9. The van der Waals surface area contributed by atoms with Crippen molar-refractivity contribution in [2.75, 3.05) is 18.4 Å². The highest BCUT2D eigenvalue weighted by molar-refractivity contribution is 7.18. The number of rotatable bonds is 8. The summed E-state index contributed by atoms with van der Waals surface area (Å²) in [6, 6.07) is 8.40. The van der Waals surface area contributed by atoms with E-state index in [0.29, 0.717) is 17.0 Å². The SMILES string of the molecule is CCCN(CCC(=O)Nc1nnc(-c2ccc(C(F)(F)F)cc2)s1)C(=O)c1cccc(C(F)(F)F)c1. The van der Waals surface area contributed by atoms with Gasteiger partial charge in [-0.3, -0.25) is 9.59 Å². The highest BCUT2D eigenvalue weighted by atomic mass is 32.1. The Hall–Kier alpha value is -3.48. The molecule has 2 aromatic carbocycles. The average Bonchev–Trinajstić information content (AvgIpc) is 3.28. The van der Waals surface area contributed by atoms with Gasteiger partial charge in [-0.05, 0) is 36.8 Å². The van der Waals surface area contributed by atoms with Crippen molar-refractivity contribution < 1.29 is 35.9 Å². The van der Waals surface area contributed by atoms with E-state index in [1.54, 1.807) is 6.92 Å². The van der Waals surface area contributed by atoms with E-state index in [1.807, 2.05) is 0 Å². The largest absolute Gasteiger partial charge is 0.416 e. The van der Waals surface area contributed by atoms with Gasteiger partial charge < -0.3 is 10.2 Å². The highest BCUT2D eigenvalue weighted by Crippen LogP contribution is 2.32. The first-order valence-electron chi connectivity index (χ1n) is 10.7. The van der Waals surface area contributed by atoms with Gasteiger partial charge in [0.25, 0.3) is 5.91 Å². The highest BCUT2D eigenvalue weighted by Gasteiger charge is 2.32. The lowest BCUT2D eigenvalue weighted by Crippen LogP contribution is -2.34. The second-order valence-corrected chi connectivity index (χ2v) is 8.63. The first kappa shape index (κ1) is 27.1. The van der Waals surface area contributed by atoms with Gasteiger partial charge in [0.05, 0.1) is 11.1 Å². The number of nitrogens with one attached hydrogen (secondary N) is 1. The maximum absolute atomic E-state index is 13.0. The molecule has 3 aromatic rings. The van der Waals surface area contributed by atoms with Gasteiger partial charge in [0, 0.05) is 30.6 Å². The number of carbonyl (C=O) groups is 2. The Morgan fingerprint density at radius 1 is 0.917 bits per heavy atom. The zero-order chi connectivity index (χ0) is 26.5. The summed E-state index contributed by atoms with van der Waals surface area (Å²) in [6.07, 6.45) is -8.68. The van der Waals surface area contributed by atoms with E-state index in [4.69, 9.17) is 0 Å². The third-order valence-electron chi connectivity index (χ3n) is 4.96. The molecule has 0 spiro atoms. The van der Waals surface area contributed by atoms with E-state index in [1.165, 1.54) is 23.1 Å². The van der Waals surface area contributed by atoms with E-state index < -0.39 is 35.3 Å². The van der Waals surface area contributed by atoms with Crippen molar-refractivity contribution in [3.8, 4) is 10.6 Å². The number of amides is 2. The Morgan fingerprint density at radius 2 is 1.58 bits per heavy atom. The van der Waals surface area contributed by atoms with Gasteiger partial charge in [-0.2, -0.15) is 26.3 Å². The van der Waals surface area contributed by atoms with Crippen LogP contribution in [0.15, 0.2) is 48.5 Å². The van der Waals surface area contributed by atoms with E-state index >= 15 is 0 Å². The standard InChI is InChI=1S/C23H20F6N4O2S/c1-2-11-33(20(35)15-4-3-5-17(13-15)23(27,28)29)12-10-18(34)30-21-32-31-19(36-21)14-6-8-16(9-7-14)22(24,25)26/h3-9,13H,2,10-12H2,1H3,(H,30,32,34). The predicted molar refractivity (Wildman–Crippen MR) is 121 cm³/mol. The molecule has 0 fully saturated rings. The molecule has 1 N–H and O–H groups in total. The molecule has 192 valence electrons. The Morgan fingerprint density at radius 3 is 2.19 bits per heavy atom. The van der Waals surface area contributed by atoms with Crippen molar-refractivity contribution in [3.63, 3.8) is 0 Å². The molecular formula is C23H20F6N4O2S. The minimum atomic E-state index is -4.59. The van der Waals surface area contributed by atoms with Crippen LogP contribution in [0.25, 0.3) is 10.6 Å². The minimum Gasteiger partial charge on any atom is -0.338 e. The summed E-state index contributed by atoms with van der Waals surface area (Å²) >= 11 is 0.957. The van der Waals surface area contributed by atoms with Crippen molar-refractivity contribution in [1.29, 1.82) is 0 Å². The number of benzene rings is 2. The van der Waals surface area contributed by atoms with Crippen LogP contribution in [-0.4, -0.2) is 40.0 Å². The normalized spacial score (nSPS) is 11.9. The molecule has 6 nitrogen and oxygen atoms in total. The summed E-state index contributed by atoms with van der Waals surface area (Å²) in [5, 5.41) is 10.6. The van der Waals surface area contributed by atoms with Crippen LogP contribution in [-0.2, 0) is 17.1 Å². The minimum absolute atomic E-state index is 0.0423. The molecule has 2 amide bonds. The Bertz CT molecular complexity index is 1210. The summed E-state index contributed by atoms with van der Waals surface area (Å²) in [5.74, 6) is -1.14. The van der Waals surface area contributed by atoms with Gasteiger partial charge in [0.15, 0.2) is 0 Å². The smallest absolute Gasteiger partial charge is 0.338 e. The number of anilines is 1. The Balaban J connectivity index is 1.61. The van der Waals surface area contributed by atoms with E-state index in [-0.39, 0.29) is 30.2 Å². The Labute approximate surface area is 206 Å². The molecule has 0 unspecified atom stereocenters. The monoisotopic (exact) mass is 530 g/mol. The molecule has 13 heteroatoms. The third kappa shape index (κ3) is 7.03. The molecule has 3 rings (SSSR count). The van der Waals surface area contributed by atoms with Crippen LogP contribution in [0, 0.1) is 0 Å². The number of hydrogen-bond acceptors (Lipinski definition) is 5. The van der Waals surface area contributed by atoms with E-state index in [9.17, 15) is 35.9 Å². The average molecular weight is 530 g/mol. The van der Waals surface area contributed by atoms with E-state index in [2.05, 4.69) is 15.5 Å². The molecule has 0 aliphatic rings. The van der Waals surface area contributed by atoms with Crippen molar-refractivity contribution in [2.45, 2.75) is 32.1 Å². The zero-order valence-corrected chi connectivity index (χ0v) is 19.6. The fraction of sp³-hybridized carbons (Fsp3) is 0.304. The molecule has 1 heterocycles. The second kappa shape index (κ2) is 11.1. The summed E-state index contributed by atoms with van der Waals surface area (Å²) in [7, 11) is 0. The molecule has 0 aliphatic heterocycles. The lowest BCUT2D eigenvalue weighted by atomic mass is 10.1. The van der Waals surface area contributed by atoms with Crippen LogP contribution in [0.4, 0.5) is 31.5 Å². The Kier molecular flexibility index (Phi) is 8.33. The summed E-state index contributed by atoms with van der Waals surface area (Å²) in [4.78, 5) is 26.4. The van der Waals surface area contributed by atoms with Crippen LogP contribution in [0.2, 0.25) is 0 Å². The van der Waals surface area contributed by atoms with Gasteiger partial charge in [-0.25, -0.2) is 0 Å². The number of carbonyl (C=O) groups excluding carboxylic acids is 2. The maximum atomic E-state index is 13.0. The fourth-order valence-electron chi connectivity index (χ4n) is 3.21. The summed E-state index contributed by atoms with van der Waals surface area (Å²) < 4.78 is 77.1. The van der Waals surface area contributed by atoms with Gasteiger partial charge >= 0.3 is 12.4 Å². The van der Waals surface area contributed by atoms with Crippen molar-refractivity contribution in [3.05, 3.63) is 65.2 Å². The van der Waals surface area contributed by atoms with Crippen LogP contribution in [0.5, 0.6) is 0 Å². The number of aromatic nitrogens is 2.